The van der Waals surface area contributed by atoms with Crippen LogP contribution < -0.4 is 10.4 Å². The van der Waals surface area contributed by atoms with Crippen molar-refractivity contribution in [1.29, 1.82) is 0 Å². The Morgan fingerprint density at radius 1 is 1.12 bits per heavy atom. The molecular weight excluding hydrogens is 323 g/mol. The van der Waals surface area contributed by atoms with Gasteiger partial charge in [0.2, 0.25) is 0 Å². The number of hydrogen-bond acceptors (Lipinski definition) is 4. The van der Waals surface area contributed by atoms with Gasteiger partial charge in [-0.25, -0.2) is 9.18 Å². The monoisotopic (exact) mass is 340 g/mol. The fourth-order valence-corrected chi connectivity index (χ4v) is 2.63. The van der Waals surface area contributed by atoms with Crippen molar-refractivity contribution in [3.8, 4) is 5.75 Å². The standard InChI is InChI=1S/C20H17FO4/c1-11-6-17-14(8-20(23)25-19(17)7-12(11)2)10-24-15-4-5-16(13(3)22)18(21)9-15/h4-9H,10H2,1-3H3. The number of carbonyl (C=O) groups is 1. The fraction of sp³-hybridized carbons (Fsp3) is 0.200. The lowest BCUT2D eigenvalue weighted by Gasteiger charge is -2.10. The van der Waals surface area contributed by atoms with Gasteiger partial charge in [-0.3, -0.25) is 4.79 Å². The lowest BCUT2D eigenvalue weighted by atomic mass is 10.0. The van der Waals surface area contributed by atoms with E-state index in [1.54, 1.807) is 0 Å². The second-order valence-electron chi connectivity index (χ2n) is 6.01. The molecule has 0 aliphatic carbocycles. The predicted octanol–water partition coefficient (Wildman–Crippen LogP) is 4.33. The van der Waals surface area contributed by atoms with Gasteiger partial charge in [0, 0.05) is 23.1 Å². The first-order valence-corrected chi connectivity index (χ1v) is 7.82. The summed E-state index contributed by atoms with van der Waals surface area (Å²) < 4.78 is 24.7. The number of aryl methyl sites for hydroxylation is 2. The van der Waals surface area contributed by atoms with Crippen LogP contribution in [0.15, 0.2) is 45.6 Å². The van der Waals surface area contributed by atoms with E-state index in [0.717, 1.165) is 16.5 Å². The molecule has 0 aliphatic rings. The zero-order chi connectivity index (χ0) is 18.1. The molecule has 2 aromatic carbocycles. The maximum atomic E-state index is 13.9. The Hall–Kier alpha value is -2.95. The summed E-state index contributed by atoms with van der Waals surface area (Å²) in [6, 6.07) is 9.21. The van der Waals surface area contributed by atoms with Crippen molar-refractivity contribution < 1.29 is 18.3 Å². The number of ether oxygens (including phenoxy) is 1. The Morgan fingerprint density at radius 2 is 1.84 bits per heavy atom. The largest absolute Gasteiger partial charge is 0.489 e. The summed E-state index contributed by atoms with van der Waals surface area (Å²) in [5.41, 5.74) is 2.80. The van der Waals surface area contributed by atoms with Gasteiger partial charge in [0.15, 0.2) is 5.78 Å². The SMILES string of the molecule is CC(=O)c1ccc(OCc2cc(=O)oc3cc(C)c(C)cc23)cc1F. The van der Waals surface area contributed by atoms with Crippen molar-refractivity contribution in [3.63, 3.8) is 0 Å². The predicted molar refractivity (Wildman–Crippen MR) is 92.7 cm³/mol. The van der Waals surface area contributed by atoms with E-state index in [4.69, 9.17) is 9.15 Å². The third-order valence-electron chi connectivity index (χ3n) is 4.16. The van der Waals surface area contributed by atoms with E-state index < -0.39 is 11.4 Å². The van der Waals surface area contributed by atoms with Crippen molar-refractivity contribution in [1.82, 2.24) is 0 Å². The van der Waals surface area contributed by atoms with Crippen molar-refractivity contribution >= 4 is 16.8 Å². The van der Waals surface area contributed by atoms with Crippen molar-refractivity contribution in [2.45, 2.75) is 27.4 Å². The Balaban J connectivity index is 1.93. The highest BCUT2D eigenvalue weighted by Crippen LogP contribution is 2.24. The van der Waals surface area contributed by atoms with Crippen LogP contribution in [0.2, 0.25) is 0 Å². The molecule has 1 aromatic heterocycles. The van der Waals surface area contributed by atoms with E-state index in [1.165, 1.54) is 31.2 Å². The van der Waals surface area contributed by atoms with Gasteiger partial charge in [0.1, 0.15) is 23.8 Å². The topological polar surface area (TPSA) is 56.5 Å². The number of ketones is 1. The maximum Gasteiger partial charge on any atom is 0.336 e. The number of carbonyl (C=O) groups excluding carboxylic acids is 1. The number of halogens is 1. The molecule has 128 valence electrons. The Labute approximate surface area is 143 Å². The van der Waals surface area contributed by atoms with Crippen LogP contribution in [0.5, 0.6) is 5.75 Å². The van der Waals surface area contributed by atoms with Crippen LogP contribution >= 0.6 is 0 Å². The molecule has 0 aliphatic heterocycles. The normalized spacial score (nSPS) is 10.9. The molecule has 1 heterocycles. The van der Waals surface area contributed by atoms with Crippen LogP contribution in [0.4, 0.5) is 4.39 Å². The molecule has 4 nitrogen and oxygen atoms in total. The Kier molecular flexibility index (Phi) is 4.40. The van der Waals surface area contributed by atoms with Gasteiger partial charge in [-0.15, -0.1) is 0 Å². The molecule has 0 saturated heterocycles. The van der Waals surface area contributed by atoms with Crippen LogP contribution in [0.25, 0.3) is 11.0 Å². The van der Waals surface area contributed by atoms with E-state index in [1.807, 2.05) is 26.0 Å². The second-order valence-corrected chi connectivity index (χ2v) is 6.01. The molecule has 0 atom stereocenters. The van der Waals surface area contributed by atoms with E-state index in [0.29, 0.717) is 11.1 Å². The first kappa shape index (κ1) is 16.9. The van der Waals surface area contributed by atoms with Gasteiger partial charge >= 0.3 is 5.63 Å². The van der Waals surface area contributed by atoms with Crippen LogP contribution in [0, 0.1) is 19.7 Å². The highest BCUT2D eigenvalue weighted by Gasteiger charge is 2.11. The molecule has 0 amide bonds. The van der Waals surface area contributed by atoms with Gasteiger partial charge in [0.25, 0.3) is 0 Å². The molecule has 0 radical (unpaired) electrons. The summed E-state index contributed by atoms with van der Waals surface area (Å²) >= 11 is 0. The van der Waals surface area contributed by atoms with Crippen LogP contribution in [0.1, 0.15) is 34.0 Å². The molecule has 0 bridgehead atoms. The second kappa shape index (κ2) is 6.51. The number of fused-ring (bicyclic) bond motifs is 1. The summed E-state index contributed by atoms with van der Waals surface area (Å²) in [7, 11) is 0. The molecule has 3 aromatic rings. The van der Waals surface area contributed by atoms with Gasteiger partial charge in [-0.05, 0) is 56.2 Å². The molecule has 0 fully saturated rings. The minimum absolute atomic E-state index is 0.0178. The average molecular weight is 340 g/mol. The summed E-state index contributed by atoms with van der Waals surface area (Å²) in [5.74, 6) is -0.691. The van der Waals surface area contributed by atoms with Crippen molar-refractivity contribution in [3.05, 3.63) is 74.9 Å². The Bertz CT molecular complexity index is 1030. The van der Waals surface area contributed by atoms with E-state index in [2.05, 4.69) is 0 Å². The van der Waals surface area contributed by atoms with Gasteiger partial charge in [-0.2, -0.15) is 0 Å². The first-order valence-electron chi connectivity index (χ1n) is 7.82. The number of benzene rings is 2. The average Bonchev–Trinajstić information content (AvgIpc) is 2.54. The molecule has 5 heteroatoms. The number of rotatable bonds is 4. The summed E-state index contributed by atoms with van der Waals surface area (Å²) in [4.78, 5) is 23.0. The smallest absolute Gasteiger partial charge is 0.336 e. The van der Waals surface area contributed by atoms with Crippen LogP contribution in [-0.2, 0) is 6.61 Å². The molecule has 0 saturated carbocycles. The minimum Gasteiger partial charge on any atom is -0.489 e. The quantitative estimate of drug-likeness (QED) is 0.524. The minimum atomic E-state index is -0.631. The lowest BCUT2D eigenvalue weighted by molar-refractivity contribution is 0.101. The zero-order valence-electron chi connectivity index (χ0n) is 14.2. The zero-order valence-corrected chi connectivity index (χ0v) is 14.2. The molecule has 0 unspecified atom stereocenters. The molecule has 3 rings (SSSR count). The fourth-order valence-electron chi connectivity index (χ4n) is 2.63. The summed E-state index contributed by atoms with van der Waals surface area (Å²) in [6.45, 7) is 5.31. The van der Waals surface area contributed by atoms with E-state index >= 15 is 0 Å². The van der Waals surface area contributed by atoms with Crippen LogP contribution in [0.3, 0.4) is 0 Å². The van der Waals surface area contributed by atoms with E-state index in [-0.39, 0.29) is 23.7 Å². The lowest BCUT2D eigenvalue weighted by Crippen LogP contribution is -2.05. The number of hydrogen-bond donors (Lipinski definition) is 0. The highest BCUT2D eigenvalue weighted by atomic mass is 19.1. The van der Waals surface area contributed by atoms with Crippen LogP contribution in [-0.4, -0.2) is 5.78 Å². The molecule has 0 N–H and O–H groups in total. The summed E-state index contributed by atoms with van der Waals surface area (Å²) in [6.07, 6.45) is 0. The summed E-state index contributed by atoms with van der Waals surface area (Å²) in [5, 5.41) is 0.781. The third kappa shape index (κ3) is 3.45. The molecule has 0 spiro atoms. The van der Waals surface area contributed by atoms with Gasteiger partial charge < -0.3 is 9.15 Å². The maximum absolute atomic E-state index is 13.9. The molecular formula is C20H17FO4. The van der Waals surface area contributed by atoms with E-state index in [9.17, 15) is 14.0 Å². The highest BCUT2D eigenvalue weighted by molar-refractivity contribution is 5.94. The van der Waals surface area contributed by atoms with Gasteiger partial charge in [0.05, 0.1) is 5.56 Å². The number of Topliss-reactive ketones (excluding diaryl/α,β-unsaturated/α-hetero) is 1. The molecule has 25 heavy (non-hydrogen) atoms. The van der Waals surface area contributed by atoms with Gasteiger partial charge in [-0.1, -0.05) is 0 Å². The Morgan fingerprint density at radius 3 is 2.52 bits per heavy atom. The van der Waals surface area contributed by atoms with Crippen molar-refractivity contribution in [2.75, 3.05) is 0 Å². The van der Waals surface area contributed by atoms with Crippen molar-refractivity contribution in [2.24, 2.45) is 0 Å². The third-order valence-corrected chi connectivity index (χ3v) is 4.16. The first-order chi connectivity index (χ1) is 11.8.